The second-order valence-corrected chi connectivity index (χ2v) is 8.43. The van der Waals surface area contributed by atoms with Crippen LogP contribution in [-0.4, -0.2) is 47.1 Å². The molecule has 2 aromatic rings. The summed E-state index contributed by atoms with van der Waals surface area (Å²) >= 11 is 0. The number of carbonyl (C=O) groups is 1. The SMILES string of the molecule is Cc1cc(C(=O)NCC2CCS(=O)(=O)C2)c2c(C)nn(C)c2n1. The van der Waals surface area contributed by atoms with Crippen LogP contribution in [0.5, 0.6) is 0 Å². The van der Waals surface area contributed by atoms with Gasteiger partial charge in [-0.3, -0.25) is 9.48 Å². The van der Waals surface area contributed by atoms with Gasteiger partial charge in [-0.25, -0.2) is 13.4 Å². The van der Waals surface area contributed by atoms with Gasteiger partial charge in [-0.05, 0) is 32.3 Å². The van der Waals surface area contributed by atoms with Gasteiger partial charge in [0.1, 0.15) is 0 Å². The van der Waals surface area contributed by atoms with Gasteiger partial charge in [0, 0.05) is 19.3 Å². The molecule has 1 unspecified atom stereocenters. The highest BCUT2D eigenvalue weighted by Gasteiger charge is 2.28. The van der Waals surface area contributed by atoms with Crippen LogP contribution in [0.15, 0.2) is 6.07 Å². The lowest BCUT2D eigenvalue weighted by Gasteiger charge is -2.11. The van der Waals surface area contributed by atoms with E-state index in [1.54, 1.807) is 17.8 Å². The Morgan fingerprint density at radius 1 is 1.43 bits per heavy atom. The molecule has 23 heavy (non-hydrogen) atoms. The third-order valence-electron chi connectivity index (χ3n) is 4.22. The molecule has 124 valence electrons. The lowest BCUT2D eigenvalue weighted by Crippen LogP contribution is -2.30. The van der Waals surface area contributed by atoms with E-state index in [9.17, 15) is 13.2 Å². The summed E-state index contributed by atoms with van der Waals surface area (Å²) < 4.78 is 24.6. The number of rotatable bonds is 3. The van der Waals surface area contributed by atoms with E-state index < -0.39 is 9.84 Å². The Hall–Kier alpha value is -1.96. The van der Waals surface area contributed by atoms with Gasteiger partial charge in [-0.15, -0.1) is 0 Å². The third kappa shape index (κ3) is 3.08. The number of carbonyl (C=O) groups excluding carboxylic acids is 1. The van der Waals surface area contributed by atoms with Gasteiger partial charge in [0.15, 0.2) is 15.5 Å². The Balaban J connectivity index is 1.84. The largest absolute Gasteiger partial charge is 0.352 e. The zero-order valence-corrected chi connectivity index (χ0v) is 14.3. The van der Waals surface area contributed by atoms with Crippen LogP contribution in [0.1, 0.15) is 28.2 Å². The summed E-state index contributed by atoms with van der Waals surface area (Å²) in [6, 6.07) is 1.75. The number of nitrogens with zero attached hydrogens (tertiary/aromatic N) is 3. The molecule has 1 atom stereocenters. The first-order valence-electron chi connectivity index (χ1n) is 7.56. The Bertz CT molecular complexity index is 886. The first-order chi connectivity index (χ1) is 10.8. The summed E-state index contributed by atoms with van der Waals surface area (Å²) in [6.07, 6.45) is 0.610. The van der Waals surface area contributed by atoms with E-state index >= 15 is 0 Å². The molecule has 1 fully saturated rings. The van der Waals surface area contributed by atoms with Crippen molar-refractivity contribution < 1.29 is 13.2 Å². The zero-order chi connectivity index (χ0) is 16.8. The fraction of sp³-hybridized carbons (Fsp3) is 0.533. The van der Waals surface area contributed by atoms with Crippen molar-refractivity contribution in [2.75, 3.05) is 18.1 Å². The molecule has 8 heteroatoms. The van der Waals surface area contributed by atoms with E-state index in [1.807, 2.05) is 13.8 Å². The first kappa shape index (κ1) is 15.9. The van der Waals surface area contributed by atoms with E-state index in [0.29, 0.717) is 24.2 Å². The zero-order valence-electron chi connectivity index (χ0n) is 13.5. The van der Waals surface area contributed by atoms with Crippen molar-refractivity contribution in [1.29, 1.82) is 0 Å². The molecular formula is C15H20N4O3S. The summed E-state index contributed by atoms with van der Waals surface area (Å²) in [5, 5.41) is 7.94. The number of sulfone groups is 1. The van der Waals surface area contributed by atoms with Crippen molar-refractivity contribution in [3.05, 3.63) is 23.0 Å². The van der Waals surface area contributed by atoms with Crippen LogP contribution in [0.25, 0.3) is 11.0 Å². The summed E-state index contributed by atoms with van der Waals surface area (Å²) in [5.41, 5.74) is 2.72. The Morgan fingerprint density at radius 3 is 2.83 bits per heavy atom. The maximum absolute atomic E-state index is 12.6. The molecule has 1 saturated heterocycles. The summed E-state index contributed by atoms with van der Waals surface area (Å²) in [5.74, 6) is 0.163. The van der Waals surface area contributed by atoms with Crippen LogP contribution in [0.3, 0.4) is 0 Å². The molecule has 1 aliphatic heterocycles. The molecule has 1 aliphatic rings. The van der Waals surface area contributed by atoms with Crippen molar-refractivity contribution in [2.24, 2.45) is 13.0 Å². The van der Waals surface area contributed by atoms with Crippen LogP contribution in [0.2, 0.25) is 0 Å². The average Bonchev–Trinajstić information content (AvgIpc) is 2.95. The fourth-order valence-electron chi connectivity index (χ4n) is 3.11. The van der Waals surface area contributed by atoms with Gasteiger partial charge >= 0.3 is 0 Å². The van der Waals surface area contributed by atoms with Crippen LogP contribution in [-0.2, 0) is 16.9 Å². The highest BCUT2D eigenvalue weighted by molar-refractivity contribution is 7.91. The van der Waals surface area contributed by atoms with Crippen LogP contribution < -0.4 is 5.32 Å². The number of amides is 1. The van der Waals surface area contributed by atoms with E-state index in [1.165, 1.54) is 0 Å². The molecule has 3 heterocycles. The van der Waals surface area contributed by atoms with Crippen molar-refractivity contribution >= 4 is 26.8 Å². The lowest BCUT2D eigenvalue weighted by atomic mass is 10.1. The maximum Gasteiger partial charge on any atom is 0.252 e. The van der Waals surface area contributed by atoms with E-state index in [2.05, 4.69) is 15.4 Å². The second-order valence-electron chi connectivity index (χ2n) is 6.20. The topological polar surface area (TPSA) is 94.0 Å². The third-order valence-corrected chi connectivity index (χ3v) is 6.06. The smallest absolute Gasteiger partial charge is 0.252 e. The van der Waals surface area contributed by atoms with Gasteiger partial charge < -0.3 is 5.32 Å². The lowest BCUT2D eigenvalue weighted by molar-refractivity contribution is 0.0950. The minimum atomic E-state index is -2.93. The Kier molecular flexibility index (Phi) is 3.87. The standard InChI is InChI=1S/C15H20N4O3S/c1-9-6-12(13-10(2)18-19(3)14(13)17-9)15(20)16-7-11-4-5-23(21,22)8-11/h6,11H,4-5,7-8H2,1-3H3,(H,16,20). The van der Waals surface area contributed by atoms with Gasteiger partial charge in [0.2, 0.25) is 0 Å². The van der Waals surface area contributed by atoms with Gasteiger partial charge in [0.25, 0.3) is 5.91 Å². The number of aromatic nitrogens is 3. The molecule has 7 nitrogen and oxygen atoms in total. The van der Waals surface area contributed by atoms with Gasteiger partial charge in [-0.1, -0.05) is 0 Å². The second kappa shape index (κ2) is 5.59. The molecule has 0 saturated carbocycles. The highest BCUT2D eigenvalue weighted by Crippen LogP contribution is 2.22. The molecule has 2 aromatic heterocycles. The monoisotopic (exact) mass is 336 g/mol. The number of nitrogens with one attached hydrogen (secondary N) is 1. The minimum absolute atomic E-state index is 0.00243. The number of aryl methyl sites for hydroxylation is 3. The summed E-state index contributed by atoms with van der Waals surface area (Å²) in [6.45, 7) is 4.06. The Morgan fingerprint density at radius 2 is 2.17 bits per heavy atom. The van der Waals surface area contributed by atoms with Gasteiger partial charge in [-0.2, -0.15) is 5.10 Å². The van der Waals surface area contributed by atoms with Crippen molar-refractivity contribution in [3.8, 4) is 0 Å². The number of hydrogen-bond donors (Lipinski definition) is 1. The van der Waals surface area contributed by atoms with Crippen LogP contribution in [0.4, 0.5) is 0 Å². The normalized spacial score (nSPS) is 20.0. The number of pyridine rings is 1. The molecule has 0 aliphatic carbocycles. The predicted molar refractivity (Wildman–Crippen MR) is 87.1 cm³/mol. The molecule has 0 bridgehead atoms. The van der Waals surface area contributed by atoms with Gasteiger partial charge in [0.05, 0.1) is 28.1 Å². The van der Waals surface area contributed by atoms with E-state index in [4.69, 9.17) is 0 Å². The maximum atomic E-state index is 12.6. The molecule has 0 spiro atoms. The summed E-state index contributed by atoms with van der Waals surface area (Å²) in [7, 11) is -1.13. The van der Waals surface area contributed by atoms with E-state index in [0.717, 1.165) is 16.8 Å². The van der Waals surface area contributed by atoms with Crippen LogP contribution in [0, 0.1) is 19.8 Å². The summed E-state index contributed by atoms with van der Waals surface area (Å²) in [4.78, 5) is 17.0. The van der Waals surface area contributed by atoms with E-state index in [-0.39, 0.29) is 23.3 Å². The highest BCUT2D eigenvalue weighted by atomic mass is 32.2. The van der Waals surface area contributed by atoms with Crippen LogP contribution >= 0.6 is 0 Å². The minimum Gasteiger partial charge on any atom is -0.352 e. The Labute approximate surface area is 135 Å². The number of hydrogen-bond acceptors (Lipinski definition) is 5. The van der Waals surface area contributed by atoms with Crippen molar-refractivity contribution in [3.63, 3.8) is 0 Å². The molecular weight excluding hydrogens is 316 g/mol. The quantitative estimate of drug-likeness (QED) is 0.892. The predicted octanol–water partition coefficient (Wildman–Crippen LogP) is 0.750. The van der Waals surface area contributed by atoms with Crippen molar-refractivity contribution in [2.45, 2.75) is 20.3 Å². The molecule has 1 amide bonds. The first-order valence-corrected chi connectivity index (χ1v) is 9.38. The molecule has 1 N–H and O–H groups in total. The average molecular weight is 336 g/mol. The van der Waals surface area contributed by atoms with Crippen molar-refractivity contribution in [1.82, 2.24) is 20.1 Å². The molecule has 0 radical (unpaired) electrons. The number of fused-ring (bicyclic) bond motifs is 1. The fourth-order valence-corrected chi connectivity index (χ4v) is 4.98. The molecule has 3 rings (SSSR count). The molecule has 0 aromatic carbocycles.